The van der Waals surface area contributed by atoms with Gasteiger partial charge < -0.3 is 4.57 Å². The second kappa shape index (κ2) is 7.21. The Hall–Kier alpha value is -2.58. The van der Waals surface area contributed by atoms with E-state index in [4.69, 9.17) is 29.6 Å². The monoisotopic (exact) mass is 410 g/mol. The van der Waals surface area contributed by atoms with Crippen LogP contribution in [0.25, 0.3) is 21.0 Å². The molecule has 0 unspecified atom stereocenters. The third-order valence-electron chi connectivity index (χ3n) is 4.20. The van der Waals surface area contributed by atoms with Crippen LogP contribution in [0, 0.1) is 12.3 Å². The second-order valence-electron chi connectivity index (χ2n) is 5.83. The van der Waals surface area contributed by atoms with Crippen LogP contribution < -0.4 is 4.80 Å². The van der Waals surface area contributed by atoms with Gasteiger partial charge in [-0.15, -0.1) is 6.42 Å². The molecule has 0 aliphatic heterocycles. The van der Waals surface area contributed by atoms with Gasteiger partial charge in [0.05, 0.1) is 26.8 Å². The minimum absolute atomic E-state index is 0.238. The summed E-state index contributed by atoms with van der Waals surface area (Å²) in [5, 5.41) is 2.68. The molecule has 0 N–H and O–H groups in total. The Bertz CT molecular complexity index is 1310. The van der Waals surface area contributed by atoms with Gasteiger partial charge in [0.2, 0.25) is 0 Å². The fourth-order valence-corrected chi connectivity index (χ4v) is 4.50. The van der Waals surface area contributed by atoms with Crippen molar-refractivity contribution in [3.05, 3.63) is 75.0 Å². The normalized spacial score (nSPS) is 11.8. The van der Waals surface area contributed by atoms with Gasteiger partial charge in [0.25, 0.3) is 5.91 Å². The number of thiazole rings is 1. The van der Waals surface area contributed by atoms with Gasteiger partial charge in [0, 0.05) is 5.56 Å². The third kappa shape index (κ3) is 3.15. The van der Waals surface area contributed by atoms with E-state index in [2.05, 4.69) is 10.9 Å². The first-order chi connectivity index (χ1) is 13.1. The van der Waals surface area contributed by atoms with E-state index in [-0.39, 0.29) is 12.5 Å². The van der Waals surface area contributed by atoms with E-state index in [0.717, 1.165) is 15.5 Å². The van der Waals surface area contributed by atoms with Gasteiger partial charge in [-0.25, -0.2) is 0 Å². The van der Waals surface area contributed by atoms with E-state index >= 15 is 0 Å². The van der Waals surface area contributed by atoms with Crippen molar-refractivity contribution in [1.29, 1.82) is 0 Å². The molecule has 3 aromatic carbocycles. The SMILES string of the molecule is C#CCn1c(=NC(=O)c2cccc3ccccc23)sc2ccc(Cl)c(Cl)c21. The first-order valence-electron chi connectivity index (χ1n) is 8.08. The van der Waals surface area contributed by atoms with E-state index in [0.29, 0.717) is 25.9 Å². The number of rotatable bonds is 2. The van der Waals surface area contributed by atoms with Crippen LogP contribution in [0.5, 0.6) is 0 Å². The molecule has 0 spiro atoms. The minimum atomic E-state index is -0.327. The number of halogens is 2. The summed E-state index contributed by atoms with van der Waals surface area (Å²) < 4.78 is 2.61. The Morgan fingerprint density at radius 1 is 1.11 bits per heavy atom. The highest BCUT2D eigenvalue weighted by Gasteiger charge is 2.14. The Balaban J connectivity index is 1.95. The third-order valence-corrected chi connectivity index (χ3v) is 6.04. The number of hydrogen-bond acceptors (Lipinski definition) is 2. The zero-order valence-corrected chi connectivity index (χ0v) is 16.3. The Kier molecular flexibility index (Phi) is 4.75. The number of terminal acetylenes is 1. The molecule has 0 aliphatic rings. The van der Waals surface area contributed by atoms with E-state index < -0.39 is 0 Å². The van der Waals surface area contributed by atoms with Crippen molar-refractivity contribution >= 4 is 61.4 Å². The first-order valence-corrected chi connectivity index (χ1v) is 9.65. The number of aromatic nitrogens is 1. The largest absolute Gasteiger partial charge is 0.303 e. The summed E-state index contributed by atoms with van der Waals surface area (Å²) in [5.41, 5.74) is 1.23. The number of carbonyl (C=O) groups is 1. The van der Waals surface area contributed by atoms with Crippen LogP contribution >= 0.6 is 34.5 Å². The molecule has 0 aliphatic carbocycles. The maximum atomic E-state index is 12.9. The van der Waals surface area contributed by atoms with Crippen LogP contribution in [0.4, 0.5) is 0 Å². The molecule has 0 bridgehead atoms. The van der Waals surface area contributed by atoms with Gasteiger partial charge in [0.15, 0.2) is 4.80 Å². The van der Waals surface area contributed by atoms with Crippen LogP contribution in [0.1, 0.15) is 10.4 Å². The Morgan fingerprint density at radius 3 is 2.70 bits per heavy atom. The van der Waals surface area contributed by atoms with Crippen molar-refractivity contribution < 1.29 is 4.79 Å². The van der Waals surface area contributed by atoms with Gasteiger partial charge >= 0.3 is 0 Å². The smallest absolute Gasteiger partial charge is 0.280 e. The van der Waals surface area contributed by atoms with Crippen LogP contribution in [-0.4, -0.2) is 10.5 Å². The van der Waals surface area contributed by atoms with E-state index in [1.54, 1.807) is 16.7 Å². The van der Waals surface area contributed by atoms with Crippen LogP contribution in [-0.2, 0) is 6.54 Å². The molecule has 0 radical (unpaired) electrons. The molecule has 4 aromatic rings. The summed E-state index contributed by atoms with van der Waals surface area (Å²) in [5.74, 6) is 2.26. The molecule has 27 heavy (non-hydrogen) atoms. The quantitative estimate of drug-likeness (QED) is 0.399. The van der Waals surface area contributed by atoms with Crippen molar-refractivity contribution in [2.45, 2.75) is 6.54 Å². The van der Waals surface area contributed by atoms with Crippen molar-refractivity contribution in [3.8, 4) is 12.3 Å². The van der Waals surface area contributed by atoms with Crippen molar-refractivity contribution in [3.63, 3.8) is 0 Å². The fourth-order valence-electron chi connectivity index (χ4n) is 2.99. The lowest BCUT2D eigenvalue weighted by Gasteiger charge is -2.04. The molecule has 1 aromatic heterocycles. The summed E-state index contributed by atoms with van der Waals surface area (Å²) in [4.78, 5) is 17.8. The molecule has 1 heterocycles. The zero-order valence-electron chi connectivity index (χ0n) is 13.9. The molecule has 132 valence electrons. The maximum absolute atomic E-state index is 12.9. The molecular formula is C21H12Cl2N2OS. The number of carbonyl (C=O) groups excluding carboxylic acids is 1. The van der Waals surface area contributed by atoms with Crippen molar-refractivity contribution in [1.82, 2.24) is 4.57 Å². The lowest BCUT2D eigenvalue weighted by molar-refractivity contribution is 0.0999. The predicted octanol–water partition coefficient (Wildman–Crippen LogP) is 5.54. The summed E-state index contributed by atoms with van der Waals surface area (Å²) in [6.07, 6.45) is 5.52. The number of fused-ring (bicyclic) bond motifs is 2. The fraction of sp³-hybridized carbons (Fsp3) is 0.0476. The molecule has 3 nitrogen and oxygen atoms in total. The molecular weight excluding hydrogens is 399 g/mol. The van der Waals surface area contributed by atoms with Gasteiger partial charge in [-0.05, 0) is 29.0 Å². The molecule has 1 amide bonds. The Labute approximate surface area is 169 Å². The summed E-state index contributed by atoms with van der Waals surface area (Å²) in [6.45, 7) is 0.238. The molecule has 6 heteroatoms. The minimum Gasteiger partial charge on any atom is -0.303 e. The van der Waals surface area contributed by atoms with Gasteiger partial charge in [-0.2, -0.15) is 4.99 Å². The highest BCUT2D eigenvalue weighted by Crippen LogP contribution is 2.32. The molecule has 0 fully saturated rings. The molecule has 4 rings (SSSR count). The highest BCUT2D eigenvalue weighted by atomic mass is 35.5. The Morgan fingerprint density at radius 2 is 1.89 bits per heavy atom. The number of benzene rings is 3. The zero-order chi connectivity index (χ0) is 19.0. The number of hydrogen-bond donors (Lipinski definition) is 0. The second-order valence-corrected chi connectivity index (χ2v) is 7.62. The van der Waals surface area contributed by atoms with Gasteiger partial charge in [0.1, 0.15) is 0 Å². The summed E-state index contributed by atoms with van der Waals surface area (Å²) >= 11 is 13.9. The average molecular weight is 411 g/mol. The standard InChI is InChI=1S/C21H12Cl2N2OS/c1-2-12-25-19-17(11-10-16(22)18(19)23)27-21(25)24-20(26)15-9-5-7-13-6-3-4-8-14(13)15/h1,3-11H,12H2. The first kappa shape index (κ1) is 17.8. The average Bonchev–Trinajstić information content (AvgIpc) is 3.02. The van der Waals surface area contributed by atoms with Gasteiger partial charge in [-0.1, -0.05) is 76.9 Å². The summed E-state index contributed by atoms with van der Waals surface area (Å²) in [7, 11) is 0. The van der Waals surface area contributed by atoms with Crippen LogP contribution in [0.3, 0.4) is 0 Å². The van der Waals surface area contributed by atoms with Crippen LogP contribution in [0.2, 0.25) is 10.0 Å². The van der Waals surface area contributed by atoms with Gasteiger partial charge in [-0.3, -0.25) is 4.79 Å². The lowest BCUT2D eigenvalue weighted by atomic mass is 10.0. The number of amides is 1. The lowest BCUT2D eigenvalue weighted by Crippen LogP contribution is -2.16. The van der Waals surface area contributed by atoms with E-state index in [1.165, 1.54) is 11.3 Å². The van der Waals surface area contributed by atoms with Crippen LogP contribution in [0.15, 0.2) is 59.6 Å². The topological polar surface area (TPSA) is 34.4 Å². The molecule has 0 atom stereocenters. The highest BCUT2D eigenvalue weighted by molar-refractivity contribution is 7.16. The molecule has 0 saturated heterocycles. The van der Waals surface area contributed by atoms with E-state index in [9.17, 15) is 4.79 Å². The number of nitrogens with zero attached hydrogens (tertiary/aromatic N) is 2. The van der Waals surface area contributed by atoms with E-state index in [1.807, 2.05) is 42.5 Å². The molecule has 0 saturated carbocycles. The predicted molar refractivity (Wildman–Crippen MR) is 113 cm³/mol. The maximum Gasteiger partial charge on any atom is 0.280 e. The van der Waals surface area contributed by atoms with Crippen molar-refractivity contribution in [2.75, 3.05) is 0 Å². The summed E-state index contributed by atoms with van der Waals surface area (Å²) in [6, 6.07) is 16.9. The van der Waals surface area contributed by atoms with Crippen molar-refractivity contribution in [2.24, 2.45) is 4.99 Å².